The third-order valence-electron chi connectivity index (χ3n) is 3.03. The SMILES string of the molecule is CCC(N)c1nc2cc(C(C)(C)C)ccc2o1. The highest BCUT2D eigenvalue weighted by Crippen LogP contribution is 2.27. The van der Waals surface area contributed by atoms with Crippen molar-refractivity contribution >= 4 is 11.1 Å². The minimum Gasteiger partial charge on any atom is -0.439 e. The first-order chi connectivity index (χ1) is 7.91. The number of hydrogen-bond donors (Lipinski definition) is 1. The molecule has 92 valence electrons. The van der Waals surface area contributed by atoms with Crippen LogP contribution in [0.1, 0.15) is 51.6 Å². The highest BCUT2D eigenvalue weighted by Gasteiger charge is 2.17. The summed E-state index contributed by atoms with van der Waals surface area (Å²) in [5.74, 6) is 0.633. The Labute approximate surface area is 102 Å². The monoisotopic (exact) mass is 232 g/mol. The molecule has 0 aliphatic carbocycles. The van der Waals surface area contributed by atoms with Gasteiger partial charge in [0, 0.05) is 0 Å². The first-order valence-electron chi connectivity index (χ1n) is 6.08. The van der Waals surface area contributed by atoms with Crippen molar-refractivity contribution in [2.24, 2.45) is 5.73 Å². The molecule has 0 aliphatic heterocycles. The maximum atomic E-state index is 5.93. The number of nitrogens with zero attached hydrogens (tertiary/aromatic N) is 1. The lowest BCUT2D eigenvalue weighted by molar-refractivity contribution is 0.469. The quantitative estimate of drug-likeness (QED) is 0.861. The smallest absolute Gasteiger partial charge is 0.212 e. The number of hydrogen-bond acceptors (Lipinski definition) is 3. The van der Waals surface area contributed by atoms with E-state index >= 15 is 0 Å². The molecule has 3 heteroatoms. The number of benzene rings is 1. The molecule has 1 aromatic carbocycles. The predicted octanol–water partition coefficient (Wildman–Crippen LogP) is 3.54. The van der Waals surface area contributed by atoms with Crippen molar-refractivity contribution < 1.29 is 4.42 Å². The van der Waals surface area contributed by atoms with Gasteiger partial charge in [-0.1, -0.05) is 33.8 Å². The van der Waals surface area contributed by atoms with E-state index in [4.69, 9.17) is 10.2 Å². The van der Waals surface area contributed by atoms with E-state index in [-0.39, 0.29) is 11.5 Å². The molecule has 0 bridgehead atoms. The van der Waals surface area contributed by atoms with Gasteiger partial charge in [0.25, 0.3) is 0 Å². The topological polar surface area (TPSA) is 52.0 Å². The van der Waals surface area contributed by atoms with Crippen molar-refractivity contribution in [2.75, 3.05) is 0 Å². The summed E-state index contributed by atoms with van der Waals surface area (Å²) in [7, 11) is 0. The van der Waals surface area contributed by atoms with Gasteiger partial charge >= 0.3 is 0 Å². The second-order valence-electron chi connectivity index (χ2n) is 5.50. The van der Waals surface area contributed by atoms with Gasteiger partial charge in [-0.05, 0) is 29.5 Å². The number of aromatic nitrogens is 1. The lowest BCUT2D eigenvalue weighted by atomic mass is 9.87. The molecule has 0 saturated carbocycles. The fraction of sp³-hybridized carbons (Fsp3) is 0.500. The summed E-state index contributed by atoms with van der Waals surface area (Å²) in [6, 6.07) is 6.05. The summed E-state index contributed by atoms with van der Waals surface area (Å²) in [6.07, 6.45) is 0.832. The van der Waals surface area contributed by atoms with Crippen molar-refractivity contribution in [1.29, 1.82) is 0 Å². The molecule has 2 aromatic rings. The van der Waals surface area contributed by atoms with Gasteiger partial charge in [0.15, 0.2) is 5.58 Å². The van der Waals surface area contributed by atoms with Crippen molar-refractivity contribution in [3.05, 3.63) is 29.7 Å². The van der Waals surface area contributed by atoms with Crippen LogP contribution in [0.15, 0.2) is 22.6 Å². The van der Waals surface area contributed by atoms with Crippen molar-refractivity contribution in [3.63, 3.8) is 0 Å². The van der Waals surface area contributed by atoms with Gasteiger partial charge in [-0.2, -0.15) is 0 Å². The van der Waals surface area contributed by atoms with E-state index in [2.05, 4.69) is 37.9 Å². The Balaban J connectivity index is 2.48. The van der Waals surface area contributed by atoms with Crippen LogP contribution >= 0.6 is 0 Å². The van der Waals surface area contributed by atoms with Gasteiger partial charge in [-0.3, -0.25) is 0 Å². The largest absolute Gasteiger partial charge is 0.439 e. The third kappa shape index (κ3) is 2.34. The molecule has 2 N–H and O–H groups in total. The molecule has 1 unspecified atom stereocenters. The summed E-state index contributed by atoms with van der Waals surface area (Å²) in [6.45, 7) is 8.59. The highest BCUT2D eigenvalue weighted by molar-refractivity contribution is 5.73. The standard InChI is InChI=1S/C14H20N2O/c1-5-10(15)13-16-11-8-9(14(2,3)4)6-7-12(11)17-13/h6-8,10H,5,15H2,1-4H3. The minimum atomic E-state index is -0.111. The first kappa shape index (κ1) is 12.1. The Kier molecular flexibility index (Phi) is 2.96. The van der Waals surface area contributed by atoms with Crippen LogP contribution in [0.2, 0.25) is 0 Å². The molecule has 1 atom stereocenters. The zero-order valence-electron chi connectivity index (χ0n) is 10.9. The highest BCUT2D eigenvalue weighted by atomic mass is 16.3. The Hall–Kier alpha value is -1.35. The zero-order valence-corrected chi connectivity index (χ0v) is 10.9. The Morgan fingerprint density at radius 2 is 2.06 bits per heavy atom. The second kappa shape index (κ2) is 4.15. The third-order valence-corrected chi connectivity index (χ3v) is 3.03. The van der Waals surface area contributed by atoms with E-state index in [9.17, 15) is 0 Å². The molecule has 1 heterocycles. The number of oxazole rings is 1. The average Bonchev–Trinajstić information content (AvgIpc) is 2.69. The maximum Gasteiger partial charge on any atom is 0.212 e. The minimum absolute atomic E-state index is 0.111. The van der Waals surface area contributed by atoms with Gasteiger partial charge in [-0.15, -0.1) is 0 Å². The van der Waals surface area contributed by atoms with E-state index < -0.39 is 0 Å². The summed E-state index contributed by atoms with van der Waals surface area (Å²) >= 11 is 0. The van der Waals surface area contributed by atoms with Crippen molar-refractivity contribution in [2.45, 2.75) is 45.6 Å². The lowest BCUT2D eigenvalue weighted by Crippen LogP contribution is -2.10. The molecular formula is C14H20N2O. The van der Waals surface area contributed by atoms with E-state index in [1.807, 2.05) is 13.0 Å². The molecule has 0 fully saturated rings. The van der Waals surface area contributed by atoms with Crippen molar-refractivity contribution in [3.8, 4) is 0 Å². The van der Waals surface area contributed by atoms with E-state index in [1.165, 1.54) is 5.56 Å². The van der Waals surface area contributed by atoms with E-state index in [1.54, 1.807) is 0 Å². The van der Waals surface area contributed by atoms with Crippen LogP contribution in [0.5, 0.6) is 0 Å². The van der Waals surface area contributed by atoms with Gasteiger partial charge in [0.2, 0.25) is 5.89 Å². The van der Waals surface area contributed by atoms with Crippen LogP contribution in [0.25, 0.3) is 11.1 Å². The van der Waals surface area contributed by atoms with E-state index in [0.717, 1.165) is 17.5 Å². The fourth-order valence-electron chi connectivity index (χ4n) is 1.74. The second-order valence-corrected chi connectivity index (χ2v) is 5.50. The van der Waals surface area contributed by atoms with Crippen LogP contribution in [0.3, 0.4) is 0 Å². The molecule has 17 heavy (non-hydrogen) atoms. The molecule has 0 amide bonds. The summed E-state index contributed by atoms with van der Waals surface area (Å²) in [5, 5.41) is 0. The Morgan fingerprint density at radius 1 is 1.35 bits per heavy atom. The maximum absolute atomic E-state index is 5.93. The van der Waals surface area contributed by atoms with E-state index in [0.29, 0.717) is 5.89 Å². The molecule has 0 spiro atoms. The molecular weight excluding hydrogens is 212 g/mol. The summed E-state index contributed by atoms with van der Waals surface area (Å²) in [4.78, 5) is 4.47. The normalized spacial score (nSPS) is 14.2. The fourth-order valence-corrected chi connectivity index (χ4v) is 1.74. The molecule has 2 rings (SSSR count). The average molecular weight is 232 g/mol. The Morgan fingerprint density at radius 3 is 2.65 bits per heavy atom. The number of rotatable bonds is 2. The van der Waals surface area contributed by atoms with Crippen LogP contribution in [-0.4, -0.2) is 4.98 Å². The first-order valence-corrected chi connectivity index (χ1v) is 6.08. The van der Waals surface area contributed by atoms with Crippen LogP contribution in [-0.2, 0) is 5.41 Å². The van der Waals surface area contributed by atoms with Gasteiger partial charge in [0.05, 0.1) is 6.04 Å². The van der Waals surface area contributed by atoms with Crippen LogP contribution in [0.4, 0.5) is 0 Å². The Bertz CT molecular complexity index is 522. The number of nitrogens with two attached hydrogens (primary N) is 1. The molecule has 0 aliphatic rings. The number of fused-ring (bicyclic) bond motifs is 1. The van der Waals surface area contributed by atoms with Crippen LogP contribution in [0, 0.1) is 0 Å². The molecule has 1 aromatic heterocycles. The summed E-state index contributed by atoms with van der Waals surface area (Å²) < 4.78 is 5.65. The summed E-state index contributed by atoms with van der Waals surface area (Å²) in [5.41, 5.74) is 9.03. The molecule has 0 saturated heterocycles. The van der Waals surface area contributed by atoms with Gasteiger partial charge in [0.1, 0.15) is 5.52 Å². The van der Waals surface area contributed by atoms with Gasteiger partial charge < -0.3 is 10.2 Å². The predicted molar refractivity (Wildman–Crippen MR) is 69.9 cm³/mol. The zero-order chi connectivity index (χ0) is 12.6. The molecule has 3 nitrogen and oxygen atoms in total. The van der Waals surface area contributed by atoms with Gasteiger partial charge in [-0.25, -0.2) is 4.98 Å². The van der Waals surface area contributed by atoms with Crippen molar-refractivity contribution in [1.82, 2.24) is 4.98 Å². The molecule has 0 radical (unpaired) electrons. The lowest BCUT2D eigenvalue weighted by Gasteiger charge is -2.18. The van der Waals surface area contributed by atoms with Crippen LogP contribution < -0.4 is 5.73 Å².